The van der Waals surface area contributed by atoms with Gasteiger partial charge >= 0.3 is 0 Å². The third-order valence-electron chi connectivity index (χ3n) is 2.00. The number of benzene rings is 1. The molecule has 0 saturated carbocycles. The minimum atomic E-state index is -1.67. The first-order valence-electron chi connectivity index (χ1n) is 4.19. The number of amides is 1. The summed E-state index contributed by atoms with van der Waals surface area (Å²) in [5.41, 5.74) is -0.591. The van der Waals surface area contributed by atoms with Crippen LogP contribution in [0.4, 0.5) is 13.2 Å². The Labute approximate surface area is 82.8 Å². The first-order chi connectivity index (χ1) is 7.11. The Hall–Kier alpha value is -1.72. The van der Waals surface area contributed by atoms with Gasteiger partial charge in [0.05, 0.1) is 6.54 Å². The van der Waals surface area contributed by atoms with Gasteiger partial charge in [-0.25, -0.2) is 13.2 Å². The Morgan fingerprint density at radius 1 is 1.27 bits per heavy atom. The molecule has 3 nitrogen and oxygen atoms in total. The van der Waals surface area contributed by atoms with Crippen LogP contribution in [0.25, 0.3) is 0 Å². The lowest BCUT2D eigenvalue weighted by molar-refractivity contribution is 0.0952. The topological polar surface area (TPSA) is 38.3 Å². The highest BCUT2D eigenvalue weighted by atomic mass is 19.2. The van der Waals surface area contributed by atoms with Gasteiger partial charge in [-0.2, -0.15) is 0 Å². The van der Waals surface area contributed by atoms with Gasteiger partial charge in [-0.1, -0.05) is 0 Å². The number of nitrogens with one attached hydrogen (secondary N) is 1. The van der Waals surface area contributed by atoms with Crippen LogP contribution in [0.1, 0.15) is 10.4 Å². The summed E-state index contributed by atoms with van der Waals surface area (Å²) >= 11 is 0. The van der Waals surface area contributed by atoms with Crippen molar-refractivity contribution < 1.29 is 22.7 Å². The molecule has 0 saturated heterocycles. The molecule has 80 valence electrons. The summed E-state index contributed by atoms with van der Waals surface area (Å²) in [6.45, 7) is 0.249. The maximum atomic E-state index is 13.2. The van der Waals surface area contributed by atoms with Gasteiger partial charge in [0.2, 0.25) is 0 Å². The fourth-order valence-electron chi connectivity index (χ4n) is 1.31. The molecule has 2 rings (SSSR count). The molecule has 1 amide bonds. The summed E-state index contributed by atoms with van der Waals surface area (Å²) in [4.78, 5) is 11.3. The van der Waals surface area contributed by atoms with Crippen molar-refractivity contribution >= 4 is 5.91 Å². The predicted molar refractivity (Wildman–Crippen MR) is 44.1 cm³/mol. The smallest absolute Gasteiger partial charge is 0.258 e. The summed E-state index contributed by atoms with van der Waals surface area (Å²) in [5, 5.41) is 2.30. The first kappa shape index (κ1) is 9.82. The van der Waals surface area contributed by atoms with E-state index in [0.29, 0.717) is 6.07 Å². The molecule has 0 fully saturated rings. The lowest BCUT2D eigenvalue weighted by atomic mass is 10.1. The average molecular weight is 217 g/mol. The van der Waals surface area contributed by atoms with Crippen molar-refractivity contribution in [3.05, 3.63) is 29.1 Å². The molecular weight excluding hydrogens is 211 g/mol. The molecule has 1 heterocycles. The molecule has 1 aromatic carbocycles. The second-order valence-corrected chi connectivity index (χ2v) is 2.96. The van der Waals surface area contributed by atoms with Crippen LogP contribution in [0.5, 0.6) is 5.75 Å². The molecular formula is C9H6F3NO2. The van der Waals surface area contributed by atoms with Crippen molar-refractivity contribution in [2.24, 2.45) is 0 Å². The van der Waals surface area contributed by atoms with Crippen molar-refractivity contribution in [2.75, 3.05) is 13.2 Å². The summed E-state index contributed by atoms with van der Waals surface area (Å²) in [7, 11) is 0. The number of rotatable bonds is 0. The van der Waals surface area contributed by atoms with Gasteiger partial charge in [0.25, 0.3) is 5.91 Å². The van der Waals surface area contributed by atoms with Crippen molar-refractivity contribution in [3.63, 3.8) is 0 Å². The predicted octanol–water partition coefficient (Wildman–Crippen LogP) is 1.23. The lowest BCUT2D eigenvalue weighted by Crippen LogP contribution is -2.25. The number of fused-ring (bicyclic) bond motifs is 1. The maximum Gasteiger partial charge on any atom is 0.258 e. The molecule has 0 unspecified atom stereocenters. The van der Waals surface area contributed by atoms with Gasteiger partial charge in [-0.3, -0.25) is 4.79 Å². The van der Waals surface area contributed by atoms with Crippen LogP contribution in [0.2, 0.25) is 0 Å². The monoisotopic (exact) mass is 217 g/mol. The second-order valence-electron chi connectivity index (χ2n) is 2.96. The van der Waals surface area contributed by atoms with Crippen molar-refractivity contribution in [1.82, 2.24) is 5.32 Å². The Kier molecular flexibility index (Phi) is 2.26. The Balaban J connectivity index is 2.66. The van der Waals surface area contributed by atoms with Gasteiger partial charge in [0.1, 0.15) is 17.9 Å². The molecule has 0 aliphatic carbocycles. The van der Waals surface area contributed by atoms with Gasteiger partial charge in [-0.05, 0) is 0 Å². The van der Waals surface area contributed by atoms with E-state index in [1.807, 2.05) is 0 Å². The van der Waals surface area contributed by atoms with E-state index in [-0.39, 0.29) is 18.9 Å². The van der Waals surface area contributed by atoms with Gasteiger partial charge in [0.15, 0.2) is 17.5 Å². The highest BCUT2D eigenvalue weighted by molar-refractivity contribution is 5.97. The Morgan fingerprint density at radius 3 is 2.73 bits per heavy atom. The van der Waals surface area contributed by atoms with E-state index in [1.165, 1.54) is 0 Å². The van der Waals surface area contributed by atoms with E-state index >= 15 is 0 Å². The SMILES string of the molecule is O=C1NCCOc2cc(F)c(F)c(F)c21. The lowest BCUT2D eigenvalue weighted by Gasteiger charge is -2.07. The fourth-order valence-corrected chi connectivity index (χ4v) is 1.31. The molecule has 0 bridgehead atoms. The number of hydrogen-bond acceptors (Lipinski definition) is 2. The van der Waals surface area contributed by atoms with Crippen LogP contribution in [0, 0.1) is 17.5 Å². The molecule has 0 radical (unpaired) electrons. The van der Waals surface area contributed by atoms with E-state index in [0.717, 1.165) is 0 Å². The molecule has 1 aromatic rings. The summed E-state index contributed by atoms with van der Waals surface area (Å²) < 4.78 is 43.8. The second kappa shape index (κ2) is 3.45. The maximum absolute atomic E-state index is 13.2. The highest BCUT2D eigenvalue weighted by Gasteiger charge is 2.26. The number of hydrogen-bond donors (Lipinski definition) is 1. The molecule has 15 heavy (non-hydrogen) atoms. The summed E-state index contributed by atoms with van der Waals surface area (Å²) in [6.07, 6.45) is 0. The van der Waals surface area contributed by atoms with Crippen molar-refractivity contribution in [2.45, 2.75) is 0 Å². The van der Waals surface area contributed by atoms with E-state index in [4.69, 9.17) is 4.74 Å². The van der Waals surface area contributed by atoms with Crippen LogP contribution in [0.3, 0.4) is 0 Å². The molecule has 1 aliphatic heterocycles. The van der Waals surface area contributed by atoms with E-state index < -0.39 is 28.9 Å². The minimum Gasteiger partial charge on any atom is -0.491 e. The van der Waals surface area contributed by atoms with Crippen LogP contribution < -0.4 is 10.1 Å². The normalized spacial score (nSPS) is 15.0. The zero-order valence-electron chi connectivity index (χ0n) is 7.44. The minimum absolute atomic E-state index is 0.0866. The van der Waals surface area contributed by atoms with Gasteiger partial charge in [0, 0.05) is 6.07 Å². The van der Waals surface area contributed by atoms with E-state index in [1.54, 1.807) is 0 Å². The Bertz CT molecular complexity index is 434. The quantitative estimate of drug-likeness (QED) is 0.663. The van der Waals surface area contributed by atoms with Crippen LogP contribution >= 0.6 is 0 Å². The Morgan fingerprint density at radius 2 is 2.00 bits per heavy atom. The third kappa shape index (κ3) is 1.51. The van der Waals surface area contributed by atoms with Crippen LogP contribution in [0.15, 0.2) is 6.07 Å². The zero-order chi connectivity index (χ0) is 11.0. The standard InChI is InChI=1S/C9H6F3NO2/c10-4-3-5-6(8(12)7(4)11)9(14)13-1-2-15-5/h3H,1-2H2,(H,13,14). The van der Waals surface area contributed by atoms with Gasteiger partial charge < -0.3 is 10.1 Å². The number of carbonyl (C=O) groups is 1. The van der Waals surface area contributed by atoms with Gasteiger partial charge in [-0.15, -0.1) is 0 Å². The molecule has 0 spiro atoms. The largest absolute Gasteiger partial charge is 0.491 e. The number of carbonyl (C=O) groups excluding carboxylic acids is 1. The summed E-state index contributed by atoms with van der Waals surface area (Å²) in [6, 6.07) is 0.665. The number of halogens is 3. The van der Waals surface area contributed by atoms with Crippen LogP contribution in [-0.4, -0.2) is 19.1 Å². The third-order valence-corrected chi connectivity index (χ3v) is 2.00. The molecule has 6 heteroatoms. The molecule has 1 aliphatic rings. The summed E-state index contributed by atoms with van der Waals surface area (Å²) in [5.74, 6) is -5.65. The molecule has 0 atom stereocenters. The zero-order valence-corrected chi connectivity index (χ0v) is 7.44. The van der Waals surface area contributed by atoms with Crippen LogP contribution in [-0.2, 0) is 0 Å². The molecule has 0 aromatic heterocycles. The molecule has 1 N–H and O–H groups in total. The number of ether oxygens (including phenoxy) is 1. The van der Waals surface area contributed by atoms with E-state index in [2.05, 4.69) is 5.32 Å². The van der Waals surface area contributed by atoms with E-state index in [9.17, 15) is 18.0 Å². The average Bonchev–Trinajstić information content (AvgIpc) is 2.37. The van der Waals surface area contributed by atoms with Crippen molar-refractivity contribution in [3.8, 4) is 5.75 Å². The first-order valence-corrected chi connectivity index (χ1v) is 4.19. The highest BCUT2D eigenvalue weighted by Crippen LogP contribution is 2.27. The van der Waals surface area contributed by atoms with Crippen molar-refractivity contribution in [1.29, 1.82) is 0 Å². The fraction of sp³-hybridized carbons (Fsp3) is 0.222.